The molecule has 2 heterocycles. The second-order valence-corrected chi connectivity index (χ2v) is 15.7. The molecular weight excluding hydrogens is 692 g/mol. The second-order valence-electron chi connectivity index (χ2n) is 15.7. The zero-order chi connectivity index (χ0) is 38.5. The van der Waals surface area contributed by atoms with Crippen LogP contribution in [-0.2, 0) is 40.6 Å². The van der Waals surface area contributed by atoms with Crippen LogP contribution in [0.5, 0.6) is 0 Å². The Morgan fingerprint density at radius 1 is 0.981 bits per heavy atom. The number of halogens is 3. The van der Waals surface area contributed by atoms with Crippen LogP contribution in [0.3, 0.4) is 0 Å². The number of hydrogen-bond donors (Lipinski definition) is 3. The quantitative estimate of drug-likeness (QED) is 0.192. The van der Waals surface area contributed by atoms with Gasteiger partial charge in [0.15, 0.2) is 0 Å². The minimum atomic E-state index is -4.79. The predicted molar refractivity (Wildman–Crippen MR) is 189 cm³/mol. The first-order valence-corrected chi connectivity index (χ1v) is 18.0. The summed E-state index contributed by atoms with van der Waals surface area (Å²) in [5.74, 6) is -1.43. The topological polar surface area (TPSA) is 151 Å². The average molecular weight is 739 g/mol. The van der Waals surface area contributed by atoms with Crippen LogP contribution in [-0.4, -0.2) is 73.7 Å². The highest BCUT2D eigenvalue weighted by atomic mass is 19.4. The molecule has 0 radical (unpaired) electrons. The number of anilines is 1. The summed E-state index contributed by atoms with van der Waals surface area (Å²) in [6.07, 6.45) is -2.32. The van der Waals surface area contributed by atoms with Crippen LogP contribution in [0.1, 0.15) is 65.5 Å². The van der Waals surface area contributed by atoms with Gasteiger partial charge in [0.2, 0.25) is 24.1 Å². The third-order valence-electron chi connectivity index (χ3n) is 11.7. The van der Waals surface area contributed by atoms with Crippen molar-refractivity contribution < 1.29 is 41.7 Å². The lowest BCUT2D eigenvalue weighted by molar-refractivity contribution is -0.199. The predicted octanol–water partition coefficient (Wildman–Crippen LogP) is 4.47. The highest BCUT2D eigenvalue weighted by molar-refractivity contribution is 6.46. The SMILES string of the molecule is CC(C)[C@@H](C(=O)N[C@@H](Cc1ccccc1)C(=O)N[C@@H](C)C(=O)NCB1O[C@@H]2C[C@@H]3C[C@@H](C3(C)C)[C@]2(C)O1)N(C=O)c1cccc(C2(C(F)(F)F)N=N2)c1. The van der Waals surface area contributed by atoms with Crippen molar-refractivity contribution in [2.24, 2.45) is 33.4 Å². The Hall–Kier alpha value is -4.31. The normalized spacial score (nSPS) is 26.4. The monoisotopic (exact) mass is 738 g/mol. The van der Waals surface area contributed by atoms with E-state index in [0.29, 0.717) is 23.8 Å². The minimum absolute atomic E-state index is 0.0192. The Kier molecular flexibility index (Phi) is 10.3. The molecule has 0 spiro atoms. The molecule has 1 saturated heterocycles. The van der Waals surface area contributed by atoms with Gasteiger partial charge < -0.3 is 30.2 Å². The molecule has 0 unspecified atom stereocenters. The van der Waals surface area contributed by atoms with Crippen molar-refractivity contribution in [2.75, 3.05) is 11.3 Å². The Balaban J connectivity index is 1.12. The molecule has 7 atom stereocenters. The van der Waals surface area contributed by atoms with Gasteiger partial charge in [-0.25, -0.2) is 0 Å². The molecule has 12 nitrogen and oxygen atoms in total. The van der Waals surface area contributed by atoms with E-state index in [0.717, 1.165) is 23.8 Å². The third-order valence-corrected chi connectivity index (χ3v) is 11.7. The van der Waals surface area contributed by atoms with E-state index < -0.39 is 66.3 Å². The van der Waals surface area contributed by atoms with Gasteiger partial charge in [-0.3, -0.25) is 19.2 Å². The van der Waals surface area contributed by atoms with Crippen LogP contribution >= 0.6 is 0 Å². The number of rotatable bonds is 14. The van der Waals surface area contributed by atoms with E-state index in [1.807, 2.05) is 0 Å². The standard InChI is InChI=1S/C37H46BF3N6O6/c1-21(2)30(47(20-48)26-14-10-13-24(16-26)36(45-46-36)37(39,40)41)33(51)44-27(15-23-11-8-7-9-12-23)32(50)43-22(3)31(49)42-19-38-52-29-18-25-17-28(34(25,4)5)35(29,6)53-38/h7-14,16,20-22,25,27-30H,15,17-19H2,1-6H3,(H,42,49)(H,43,50)(H,44,51)/t22-,25-,27-,28-,29+,30-,35-/m0/s1. The van der Waals surface area contributed by atoms with E-state index in [1.54, 1.807) is 44.2 Å². The summed E-state index contributed by atoms with van der Waals surface area (Å²) in [5.41, 5.74) is -2.55. The van der Waals surface area contributed by atoms with Crippen LogP contribution in [0, 0.1) is 23.2 Å². The summed E-state index contributed by atoms with van der Waals surface area (Å²) in [7, 11) is -0.626. The molecule has 3 aliphatic carbocycles. The van der Waals surface area contributed by atoms with Gasteiger partial charge in [-0.2, -0.15) is 13.2 Å². The molecular formula is C37H46BF3N6O6. The zero-order valence-electron chi connectivity index (χ0n) is 30.6. The van der Waals surface area contributed by atoms with Crippen molar-refractivity contribution in [2.45, 2.75) is 102 Å². The van der Waals surface area contributed by atoms with Gasteiger partial charge in [0.05, 0.1) is 18.1 Å². The van der Waals surface area contributed by atoms with Gasteiger partial charge in [0, 0.05) is 17.7 Å². The molecule has 2 aromatic carbocycles. The molecule has 2 bridgehead atoms. The summed E-state index contributed by atoms with van der Waals surface area (Å²) in [6.45, 7) is 11.5. The third kappa shape index (κ3) is 7.19. The van der Waals surface area contributed by atoms with Crippen molar-refractivity contribution in [1.29, 1.82) is 0 Å². The first kappa shape index (κ1) is 38.4. The molecule has 284 valence electrons. The van der Waals surface area contributed by atoms with Crippen LogP contribution in [0.25, 0.3) is 0 Å². The van der Waals surface area contributed by atoms with Crippen molar-refractivity contribution in [1.82, 2.24) is 16.0 Å². The second kappa shape index (κ2) is 14.2. The molecule has 4 fully saturated rings. The number of carbonyl (C=O) groups excluding carboxylic acids is 4. The van der Waals surface area contributed by atoms with Crippen molar-refractivity contribution in [3.63, 3.8) is 0 Å². The van der Waals surface area contributed by atoms with Crippen LogP contribution in [0.4, 0.5) is 18.9 Å². The number of alkyl halides is 3. The van der Waals surface area contributed by atoms with E-state index in [-0.39, 0.29) is 35.6 Å². The summed E-state index contributed by atoms with van der Waals surface area (Å²) in [6, 6.07) is 10.6. The van der Waals surface area contributed by atoms with Crippen molar-refractivity contribution in [3.05, 3.63) is 65.7 Å². The minimum Gasteiger partial charge on any atom is -0.404 e. The van der Waals surface area contributed by atoms with Crippen LogP contribution < -0.4 is 20.9 Å². The number of benzene rings is 2. The van der Waals surface area contributed by atoms with Crippen LogP contribution in [0.2, 0.25) is 0 Å². The van der Waals surface area contributed by atoms with Crippen molar-refractivity contribution in [3.8, 4) is 0 Å². The largest absolute Gasteiger partial charge is 0.478 e. The van der Waals surface area contributed by atoms with E-state index in [9.17, 15) is 32.3 Å². The maximum Gasteiger partial charge on any atom is 0.478 e. The maximum absolute atomic E-state index is 14.0. The van der Waals surface area contributed by atoms with Gasteiger partial charge in [-0.05, 0) is 67.6 Å². The van der Waals surface area contributed by atoms with E-state index in [4.69, 9.17) is 9.31 Å². The van der Waals surface area contributed by atoms with Gasteiger partial charge in [0.1, 0.15) is 18.1 Å². The first-order valence-electron chi connectivity index (χ1n) is 18.0. The lowest BCUT2D eigenvalue weighted by Gasteiger charge is -2.64. The molecule has 5 aliphatic rings. The highest BCUT2D eigenvalue weighted by Crippen LogP contribution is 2.65. The van der Waals surface area contributed by atoms with Gasteiger partial charge in [-0.15, -0.1) is 10.2 Å². The molecule has 2 aromatic rings. The molecule has 4 amide bonds. The number of hydrogen-bond acceptors (Lipinski definition) is 8. The Labute approximate surface area is 307 Å². The summed E-state index contributed by atoms with van der Waals surface area (Å²) in [5, 5.41) is 14.7. The lowest BCUT2D eigenvalue weighted by atomic mass is 9.43. The van der Waals surface area contributed by atoms with Gasteiger partial charge >= 0.3 is 19.0 Å². The summed E-state index contributed by atoms with van der Waals surface area (Å²) in [4.78, 5) is 54.5. The summed E-state index contributed by atoms with van der Waals surface area (Å²) < 4.78 is 53.9. The van der Waals surface area contributed by atoms with E-state index in [1.165, 1.54) is 25.1 Å². The first-order chi connectivity index (χ1) is 24.9. The molecule has 7 rings (SSSR count). The maximum atomic E-state index is 14.0. The van der Waals surface area contributed by atoms with E-state index in [2.05, 4.69) is 47.0 Å². The average Bonchev–Trinajstić information content (AvgIpc) is 3.86. The van der Waals surface area contributed by atoms with E-state index >= 15 is 0 Å². The Morgan fingerprint density at radius 2 is 1.68 bits per heavy atom. The molecule has 2 aliphatic heterocycles. The molecule has 3 saturated carbocycles. The molecule has 0 aromatic heterocycles. The number of nitrogens with one attached hydrogen (secondary N) is 3. The molecule has 53 heavy (non-hydrogen) atoms. The van der Waals surface area contributed by atoms with Gasteiger partial charge in [-0.1, -0.05) is 70.2 Å². The van der Waals surface area contributed by atoms with Crippen LogP contribution in [0.15, 0.2) is 64.8 Å². The fraction of sp³-hybridized carbons (Fsp3) is 0.568. The lowest BCUT2D eigenvalue weighted by Crippen LogP contribution is -2.65. The Morgan fingerprint density at radius 3 is 2.28 bits per heavy atom. The fourth-order valence-corrected chi connectivity index (χ4v) is 8.43. The van der Waals surface area contributed by atoms with Crippen molar-refractivity contribution >= 4 is 36.9 Å². The number of amides is 4. The molecule has 16 heteroatoms. The zero-order valence-corrected chi connectivity index (χ0v) is 30.6. The number of nitrogens with zero attached hydrogens (tertiary/aromatic N) is 3. The smallest absolute Gasteiger partial charge is 0.404 e. The van der Waals surface area contributed by atoms with Gasteiger partial charge in [0.25, 0.3) is 0 Å². The molecule has 3 N–H and O–H groups in total. The fourth-order valence-electron chi connectivity index (χ4n) is 8.43. The number of carbonyl (C=O) groups is 4. The Bertz CT molecular complexity index is 1760. The highest BCUT2D eigenvalue weighted by Gasteiger charge is 2.68. The summed E-state index contributed by atoms with van der Waals surface area (Å²) >= 11 is 0.